The van der Waals surface area contributed by atoms with Gasteiger partial charge >= 0.3 is 21.7 Å². The van der Waals surface area contributed by atoms with Crippen molar-refractivity contribution in [1.82, 2.24) is 0 Å². The molecule has 0 aromatic heterocycles. The van der Waals surface area contributed by atoms with Crippen molar-refractivity contribution in [2.45, 2.75) is 45.4 Å². The number of halogens is 2. The van der Waals surface area contributed by atoms with Gasteiger partial charge in [0.1, 0.15) is 0 Å². The van der Waals surface area contributed by atoms with Crippen LogP contribution in [0.3, 0.4) is 0 Å². The van der Waals surface area contributed by atoms with Crippen LogP contribution in [0.2, 0.25) is 0 Å². The van der Waals surface area contributed by atoms with E-state index in [1.54, 1.807) is 16.7 Å². The maximum absolute atomic E-state index is 2.42. The minimum absolute atomic E-state index is 0. The molecule has 0 amide bonds. The summed E-state index contributed by atoms with van der Waals surface area (Å²) in [7, 11) is 0. The largest absolute Gasteiger partial charge is 4.00 e. The number of fused-ring (bicyclic) bond motifs is 2. The van der Waals surface area contributed by atoms with Crippen LogP contribution in [0, 0.1) is 0 Å². The fourth-order valence-electron chi connectivity index (χ4n) is 3.13. The molecule has 126 valence electrons. The van der Waals surface area contributed by atoms with E-state index in [9.17, 15) is 0 Å². The average Bonchev–Trinajstić information content (AvgIpc) is 3.14. The maximum Gasteiger partial charge on any atom is 4.00 e. The van der Waals surface area contributed by atoms with Gasteiger partial charge in [0.05, 0.1) is 0 Å². The van der Waals surface area contributed by atoms with E-state index in [4.69, 9.17) is 0 Å². The second kappa shape index (κ2) is 11.9. The molecule has 3 aromatic carbocycles. The number of rotatable bonds is 1. The van der Waals surface area contributed by atoms with Crippen molar-refractivity contribution in [2.75, 3.05) is 0 Å². The molecular weight excluding hydrogens is 554 g/mol. The molecule has 1 aliphatic rings. The summed E-state index contributed by atoms with van der Waals surface area (Å²) >= 11 is 0. The third-order valence-electron chi connectivity index (χ3n) is 4.45. The normalized spacial score (nSPS) is 12.1. The molecule has 0 nitrogen and oxygen atoms in total. The van der Waals surface area contributed by atoms with Crippen LogP contribution in [-0.4, -0.2) is 0 Å². The van der Waals surface area contributed by atoms with Gasteiger partial charge in [-0.3, -0.25) is 0 Å². The molecule has 0 atom stereocenters. The quantitative estimate of drug-likeness (QED) is 0.217. The Balaban J connectivity index is 0.000000402. The van der Waals surface area contributed by atoms with Gasteiger partial charge < -0.3 is 48.0 Å². The number of hydrogen-bond acceptors (Lipinski definition) is 0. The van der Waals surface area contributed by atoms with Crippen LogP contribution >= 0.6 is 0 Å². The number of hydrogen-bond donors (Lipinski definition) is 0. The third kappa shape index (κ3) is 6.26. The molecule has 0 aliphatic heterocycles. The third-order valence-corrected chi connectivity index (χ3v) is 4.45. The summed E-state index contributed by atoms with van der Waals surface area (Å²) in [6.45, 7) is 4.56. The van der Waals surface area contributed by atoms with Crippen LogP contribution in [0.1, 0.15) is 49.3 Å². The molecule has 0 saturated heterocycles. The van der Waals surface area contributed by atoms with Crippen LogP contribution < -0.4 is 48.0 Å². The Hall–Kier alpha value is 0.354. The SMILES string of the molecule is CC(C)c1cc2c([cH-]1)CCCC2.[I-].[I-].[Ti+4].c1ccc2[cH-]ccc2c1. The topological polar surface area (TPSA) is 0 Å². The van der Waals surface area contributed by atoms with Gasteiger partial charge in [0.25, 0.3) is 0 Å². The summed E-state index contributed by atoms with van der Waals surface area (Å²) in [5.74, 6) is 0.704. The van der Waals surface area contributed by atoms with Gasteiger partial charge in [0, 0.05) is 0 Å². The molecule has 0 bridgehead atoms. The summed E-state index contributed by atoms with van der Waals surface area (Å²) in [6.07, 6.45) is 5.44. The van der Waals surface area contributed by atoms with E-state index in [2.05, 4.69) is 68.4 Å². The maximum atomic E-state index is 2.42. The van der Waals surface area contributed by atoms with Gasteiger partial charge in [-0.25, -0.2) is 6.07 Å². The van der Waals surface area contributed by atoms with Gasteiger partial charge in [0.15, 0.2) is 0 Å². The van der Waals surface area contributed by atoms with Crippen LogP contribution in [0.5, 0.6) is 0 Å². The van der Waals surface area contributed by atoms with E-state index < -0.39 is 0 Å². The average molecular weight is 578 g/mol. The molecule has 0 radical (unpaired) electrons. The Morgan fingerprint density at radius 2 is 1.67 bits per heavy atom. The van der Waals surface area contributed by atoms with E-state index in [0.717, 1.165) is 0 Å². The van der Waals surface area contributed by atoms with E-state index in [1.807, 2.05) is 0 Å². The zero-order valence-electron chi connectivity index (χ0n) is 14.4. The molecule has 0 N–H and O–H groups in total. The smallest absolute Gasteiger partial charge is 1.00 e. The van der Waals surface area contributed by atoms with Crippen LogP contribution in [0.15, 0.2) is 54.6 Å². The predicted molar refractivity (Wildman–Crippen MR) is 92.3 cm³/mol. The van der Waals surface area contributed by atoms with E-state index >= 15 is 0 Å². The summed E-state index contributed by atoms with van der Waals surface area (Å²) < 4.78 is 0. The number of aryl methyl sites for hydroxylation is 2. The summed E-state index contributed by atoms with van der Waals surface area (Å²) in [6, 6.07) is 19.5. The first kappa shape index (κ1) is 24.4. The fourth-order valence-corrected chi connectivity index (χ4v) is 3.13. The first-order valence-electron chi connectivity index (χ1n) is 8.13. The minimum atomic E-state index is 0. The van der Waals surface area contributed by atoms with Crippen LogP contribution in [0.25, 0.3) is 10.8 Å². The summed E-state index contributed by atoms with van der Waals surface area (Å²) in [4.78, 5) is 0. The van der Waals surface area contributed by atoms with Crippen molar-refractivity contribution < 1.29 is 69.7 Å². The minimum Gasteiger partial charge on any atom is -1.00 e. The molecule has 3 heteroatoms. The van der Waals surface area contributed by atoms with Gasteiger partial charge in [-0.05, 0) is 5.92 Å². The Kier molecular flexibility index (Phi) is 12.0. The van der Waals surface area contributed by atoms with Crippen molar-refractivity contribution in [3.63, 3.8) is 0 Å². The van der Waals surface area contributed by atoms with Crippen molar-refractivity contribution in [1.29, 1.82) is 0 Å². The molecule has 4 rings (SSSR count). The first-order valence-corrected chi connectivity index (χ1v) is 8.13. The van der Waals surface area contributed by atoms with Gasteiger partial charge in [-0.15, -0.1) is 29.7 Å². The van der Waals surface area contributed by atoms with Gasteiger partial charge in [-0.1, -0.05) is 45.6 Å². The zero-order chi connectivity index (χ0) is 14.7. The van der Waals surface area contributed by atoms with Gasteiger partial charge in [0.2, 0.25) is 0 Å². The standard InChI is InChI=1S/C12H17.C9H7.2HI.Ti/c1-9(2)12-7-10-5-3-4-6-11(10)8-12;1-2-5-9-7-3-6-8(9)4-1;;;/h7-9H,3-6H2,1-2H3;1-7H;2*1H;/q2*-1;;;+4/p-2. The second-order valence-corrected chi connectivity index (χ2v) is 6.36. The molecule has 0 spiro atoms. The predicted octanol–water partition coefficient (Wildman–Crippen LogP) is -0.0281. The second-order valence-electron chi connectivity index (χ2n) is 6.36. The van der Waals surface area contributed by atoms with E-state index in [0.29, 0.717) is 5.92 Å². The Morgan fingerprint density at radius 1 is 0.958 bits per heavy atom. The summed E-state index contributed by atoms with van der Waals surface area (Å²) in [5, 5.41) is 2.66. The molecule has 3 aromatic rings. The first-order chi connectivity index (χ1) is 10.2. The zero-order valence-corrected chi connectivity index (χ0v) is 20.2. The van der Waals surface area contributed by atoms with Crippen molar-refractivity contribution in [2.24, 2.45) is 0 Å². The Labute approximate surface area is 195 Å². The molecule has 24 heavy (non-hydrogen) atoms. The summed E-state index contributed by atoms with van der Waals surface area (Å²) in [5.41, 5.74) is 4.80. The van der Waals surface area contributed by atoms with Crippen molar-refractivity contribution in [3.8, 4) is 0 Å². The Bertz CT molecular complexity index is 656. The van der Waals surface area contributed by atoms with E-state index in [1.165, 1.54) is 36.5 Å². The molecule has 0 fully saturated rings. The molecule has 1 aliphatic carbocycles. The molecule has 0 unspecified atom stereocenters. The van der Waals surface area contributed by atoms with Crippen molar-refractivity contribution >= 4 is 10.8 Å². The van der Waals surface area contributed by atoms with E-state index in [-0.39, 0.29) is 69.7 Å². The molecule has 0 heterocycles. The molecular formula is C21H24I2Ti. The van der Waals surface area contributed by atoms with Crippen LogP contribution in [0.4, 0.5) is 0 Å². The monoisotopic (exact) mass is 578 g/mol. The number of benzene rings is 1. The van der Waals surface area contributed by atoms with Crippen molar-refractivity contribution in [3.05, 3.63) is 71.3 Å². The van der Waals surface area contributed by atoms with Crippen LogP contribution in [-0.2, 0) is 34.6 Å². The fraction of sp³-hybridized carbons (Fsp3) is 0.333. The molecule has 0 saturated carbocycles. The Morgan fingerprint density at radius 3 is 2.33 bits per heavy atom. The van der Waals surface area contributed by atoms with Gasteiger partial charge in [-0.2, -0.15) is 40.3 Å².